The van der Waals surface area contributed by atoms with Gasteiger partial charge in [0.25, 0.3) is 0 Å². The van der Waals surface area contributed by atoms with Crippen molar-refractivity contribution in [1.29, 1.82) is 0 Å². The molecule has 0 spiro atoms. The SMILES string of the molecule is CCC1CC1Nc1cc(C(=O)O)c(Cl)cn1. The summed E-state index contributed by atoms with van der Waals surface area (Å²) in [6, 6.07) is 1.91. The maximum absolute atomic E-state index is 10.9. The zero-order valence-electron chi connectivity index (χ0n) is 8.90. The Hall–Kier alpha value is -1.29. The smallest absolute Gasteiger partial charge is 0.337 e. The lowest BCUT2D eigenvalue weighted by molar-refractivity contribution is 0.0697. The lowest BCUT2D eigenvalue weighted by Crippen LogP contribution is -2.08. The number of nitrogens with one attached hydrogen (secondary N) is 1. The van der Waals surface area contributed by atoms with E-state index in [-0.39, 0.29) is 10.6 Å². The average molecular weight is 241 g/mol. The summed E-state index contributed by atoms with van der Waals surface area (Å²) in [5.41, 5.74) is 0.0906. The van der Waals surface area contributed by atoms with Crippen molar-refractivity contribution in [2.75, 3.05) is 5.32 Å². The van der Waals surface area contributed by atoms with E-state index in [9.17, 15) is 4.79 Å². The molecule has 5 heteroatoms. The molecule has 0 radical (unpaired) electrons. The number of aromatic carboxylic acids is 1. The van der Waals surface area contributed by atoms with Gasteiger partial charge < -0.3 is 10.4 Å². The number of nitrogens with zero attached hydrogens (tertiary/aromatic N) is 1. The summed E-state index contributed by atoms with van der Waals surface area (Å²) in [4.78, 5) is 14.9. The molecule has 1 aromatic heterocycles. The molecule has 1 aromatic rings. The van der Waals surface area contributed by atoms with E-state index in [1.807, 2.05) is 0 Å². The Bertz CT molecular complexity index is 422. The summed E-state index contributed by atoms with van der Waals surface area (Å²) in [7, 11) is 0. The number of carbonyl (C=O) groups is 1. The molecule has 2 atom stereocenters. The molecular formula is C11H13ClN2O2. The van der Waals surface area contributed by atoms with Crippen LogP contribution in [0.3, 0.4) is 0 Å². The Morgan fingerprint density at radius 3 is 3.06 bits per heavy atom. The third kappa shape index (κ3) is 2.27. The van der Waals surface area contributed by atoms with Gasteiger partial charge in [0.1, 0.15) is 5.82 Å². The molecule has 0 aromatic carbocycles. The van der Waals surface area contributed by atoms with E-state index >= 15 is 0 Å². The summed E-state index contributed by atoms with van der Waals surface area (Å²) in [5.74, 6) is 0.242. The first-order valence-corrected chi connectivity index (χ1v) is 5.65. The lowest BCUT2D eigenvalue weighted by atomic mass is 10.2. The summed E-state index contributed by atoms with van der Waals surface area (Å²) >= 11 is 5.73. The number of anilines is 1. The highest BCUT2D eigenvalue weighted by Crippen LogP contribution is 2.35. The first-order valence-electron chi connectivity index (χ1n) is 5.27. The van der Waals surface area contributed by atoms with Crippen LogP contribution in [-0.4, -0.2) is 22.1 Å². The van der Waals surface area contributed by atoms with Gasteiger partial charge in [0, 0.05) is 12.2 Å². The normalized spacial score (nSPS) is 22.9. The van der Waals surface area contributed by atoms with Crippen LogP contribution in [0, 0.1) is 5.92 Å². The van der Waals surface area contributed by atoms with Gasteiger partial charge in [-0.1, -0.05) is 24.9 Å². The van der Waals surface area contributed by atoms with Crippen molar-refractivity contribution < 1.29 is 9.90 Å². The van der Waals surface area contributed by atoms with Crippen LogP contribution in [0.2, 0.25) is 5.02 Å². The van der Waals surface area contributed by atoms with Gasteiger partial charge in [0.2, 0.25) is 0 Å². The molecule has 2 N–H and O–H groups in total. The second kappa shape index (κ2) is 4.29. The highest BCUT2D eigenvalue weighted by atomic mass is 35.5. The first-order chi connectivity index (χ1) is 7.61. The van der Waals surface area contributed by atoms with Gasteiger partial charge in [0.05, 0.1) is 10.6 Å². The van der Waals surface area contributed by atoms with Gasteiger partial charge in [-0.25, -0.2) is 9.78 Å². The highest BCUT2D eigenvalue weighted by molar-refractivity contribution is 6.33. The highest BCUT2D eigenvalue weighted by Gasteiger charge is 2.35. The van der Waals surface area contributed by atoms with Crippen LogP contribution in [0.1, 0.15) is 30.1 Å². The van der Waals surface area contributed by atoms with E-state index < -0.39 is 5.97 Å². The van der Waals surface area contributed by atoms with Gasteiger partial charge in [0.15, 0.2) is 0 Å². The quantitative estimate of drug-likeness (QED) is 0.849. The maximum atomic E-state index is 10.9. The van der Waals surface area contributed by atoms with Crippen molar-refractivity contribution in [3.8, 4) is 0 Å². The topological polar surface area (TPSA) is 62.2 Å². The molecule has 2 unspecified atom stereocenters. The second-order valence-corrected chi connectivity index (χ2v) is 4.42. The van der Waals surface area contributed by atoms with Crippen molar-refractivity contribution in [2.24, 2.45) is 5.92 Å². The largest absolute Gasteiger partial charge is 0.478 e. The predicted molar refractivity (Wildman–Crippen MR) is 62.0 cm³/mol. The minimum atomic E-state index is -1.03. The third-order valence-corrected chi connectivity index (χ3v) is 3.17. The molecule has 2 rings (SSSR count). The van der Waals surface area contributed by atoms with E-state index in [2.05, 4.69) is 17.2 Å². The molecule has 16 heavy (non-hydrogen) atoms. The van der Waals surface area contributed by atoms with Crippen LogP contribution < -0.4 is 5.32 Å². The first kappa shape index (κ1) is 11.2. The molecule has 0 bridgehead atoms. The molecular weight excluding hydrogens is 228 g/mol. The van der Waals surface area contributed by atoms with Gasteiger partial charge in [-0.2, -0.15) is 0 Å². The molecule has 0 amide bonds. The van der Waals surface area contributed by atoms with Crippen LogP contribution >= 0.6 is 11.6 Å². The lowest BCUT2D eigenvalue weighted by Gasteiger charge is -2.06. The number of hydrogen-bond acceptors (Lipinski definition) is 3. The molecule has 1 aliphatic carbocycles. The van der Waals surface area contributed by atoms with Crippen LogP contribution in [0.15, 0.2) is 12.3 Å². The predicted octanol–water partition coefficient (Wildman–Crippen LogP) is 2.64. The van der Waals surface area contributed by atoms with Gasteiger partial charge >= 0.3 is 5.97 Å². The number of rotatable bonds is 4. The van der Waals surface area contributed by atoms with E-state index in [0.717, 1.165) is 12.8 Å². The second-order valence-electron chi connectivity index (χ2n) is 4.01. The number of aromatic nitrogens is 1. The number of pyridine rings is 1. The molecule has 1 saturated carbocycles. The van der Waals surface area contributed by atoms with Gasteiger partial charge in [-0.15, -0.1) is 0 Å². The van der Waals surface area contributed by atoms with E-state index in [1.165, 1.54) is 12.3 Å². The average Bonchev–Trinajstić information content (AvgIpc) is 2.99. The van der Waals surface area contributed by atoms with Crippen molar-refractivity contribution in [2.45, 2.75) is 25.8 Å². The fourth-order valence-corrected chi connectivity index (χ4v) is 1.93. The zero-order valence-corrected chi connectivity index (χ0v) is 9.66. The number of hydrogen-bond donors (Lipinski definition) is 2. The van der Waals surface area contributed by atoms with Crippen LogP contribution in [0.25, 0.3) is 0 Å². The molecule has 1 heterocycles. The molecule has 0 saturated heterocycles. The third-order valence-electron chi connectivity index (χ3n) is 2.87. The van der Waals surface area contributed by atoms with E-state index in [1.54, 1.807) is 0 Å². The van der Waals surface area contributed by atoms with Crippen molar-refractivity contribution in [3.63, 3.8) is 0 Å². The fraction of sp³-hybridized carbons (Fsp3) is 0.455. The Balaban J connectivity index is 2.11. The Morgan fingerprint density at radius 1 is 1.75 bits per heavy atom. The van der Waals surface area contributed by atoms with Crippen LogP contribution in [-0.2, 0) is 0 Å². The Labute approximate surface area is 98.6 Å². The standard InChI is InChI=1S/C11H13ClN2O2/c1-2-6-3-9(6)14-10-4-7(11(15)16)8(12)5-13-10/h4-6,9H,2-3H2,1H3,(H,13,14)(H,15,16). The summed E-state index contributed by atoms with van der Waals surface area (Å²) < 4.78 is 0. The minimum Gasteiger partial charge on any atom is -0.478 e. The minimum absolute atomic E-state index is 0.0906. The maximum Gasteiger partial charge on any atom is 0.337 e. The number of halogens is 1. The van der Waals surface area contributed by atoms with Crippen LogP contribution in [0.4, 0.5) is 5.82 Å². The van der Waals surface area contributed by atoms with E-state index in [4.69, 9.17) is 16.7 Å². The number of carboxylic acids is 1. The van der Waals surface area contributed by atoms with E-state index in [0.29, 0.717) is 17.8 Å². The zero-order chi connectivity index (χ0) is 11.7. The van der Waals surface area contributed by atoms with Gasteiger partial charge in [-0.3, -0.25) is 0 Å². The molecule has 1 fully saturated rings. The van der Waals surface area contributed by atoms with Crippen molar-refractivity contribution in [1.82, 2.24) is 4.98 Å². The van der Waals surface area contributed by atoms with Crippen molar-refractivity contribution in [3.05, 3.63) is 22.8 Å². The van der Waals surface area contributed by atoms with Crippen molar-refractivity contribution >= 4 is 23.4 Å². The summed E-state index contributed by atoms with van der Waals surface area (Å²) in [5, 5.41) is 12.3. The number of carboxylic acid groups (broad SMARTS) is 1. The monoisotopic (exact) mass is 240 g/mol. The van der Waals surface area contributed by atoms with Gasteiger partial charge in [-0.05, 0) is 18.4 Å². The fourth-order valence-electron chi connectivity index (χ4n) is 1.75. The molecule has 4 nitrogen and oxygen atoms in total. The Kier molecular flexibility index (Phi) is 3.01. The summed E-state index contributed by atoms with van der Waals surface area (Å²) in [6.45, 7) is 2.14. The Morgan fingerprint density at radius 2 is 2.50 bits per heavy atom. The molecule has 1 aliphatic rings. The van der Waals surface area contributed by atoms with Crippen LogP contribution in [0.5, 0.6) is 0 Å². The summed E-state index contributed by atoms with van der Waals surface area (Å²) in [6.07, 6.45) is 3.64. The molecule has 0 aliphatic heterocycles. The molecule has 86 valence electrons.